The summed E-state index contributed by atoms with van der Waals surface area (Å²) in [6.45, 7) is 14.8. The Labute approximate surface area is 137 Å². The van der Waals surface area contributed by atoms with E-state index in [0.717, 1.165) is 19.3 Å². The minimum absolute atomic E-state index is 0.169. The van der Waals surface area contributed by atoms with Gasteiger partial charge in [0.05, 0.1) is 11.2 Å². The van der Waals surface area contributed by atoms with E-state index in [4.69, 9.17) is 9.31 Å². The van der Waals surface area contributed by atoms with Crippen LogP contribution in [-0.4, -0.2) is 18.3 Å². The van der Waals surface area contributed by atoms with Gasteiger partial charge < -0.3 is 9.31 Å². The third kappa shape index (κ3) is 5.14. The Morgan fingerprint density at radius 1 is 1.00 bits per heavy atom. The molecule has 0 aromatic heterocycles. The van der Waals surface area contributed by atoms with Crippen molar-refractivity contribution in [1.82, 2.24) is 0 Å². The number of rotatable bonds is 7. The van der Waals surface area contributed by atoms with Crippen molar-refractivity contribution in [2.75, 3.05) is 0 Å². The first-order chi connectivity index (χ1) is 10.2. The van der Waals surface area contributed by atoms with Crippen molar-refractivity contribution in [1.29, 1.82) is 0 Å². The molecule has 0 radical (unpaired) electrons. The Hall–Kier alpha value is -0.795. The maximum atomic E-state index is 6.24. The van der Waals surface area contributed by atoms with Crippen LogP contribution in [0.3, 0.4) is 0 Å². The standard InChI is InChI=1S/C19H33BO2/c1-8-10-12-13-16(3)15-17(14-11-9-2)20-21-18(4,5)19(6,7)22-20/h8-11,15,17H,12-14H2,1-7H3/b10-8-,11-9-,16-15-. The first-order valence-electron chi connectivity index (χ1n) is 8.48. The fraction of sp³-hybridized carbons (Fsp3) is 0.684. The second-order valence-electron chi connectivity index (χ2n) is 7.21. The van der Waals surface area contributed by atoms with Crippen molar-refractivity contribution in [3.8, 4) is 0 Å². The highest BCUT2D eigenvalue weighted by atomic mass is 16.7. The third-order valence-corrected chi connectivity index (χ3v) is 4.70. The molecule has 1 fully saturated rings. The lowest BCUT2D eigenvalue weighted by molar-refractivity contribution is 0.00578. The maximum absolute atomic E-state index is 6.24. The summed E-state index contributed by atoms with van der Waals surface area (Å²) < 4.78 is 12.5. The summed E-state index contributed by atoms with van der Waals surface area (Å²) >= 11 is 0. The Morgan fingerprint density at radius 2 is 1.55 bits per heavy atom. The molecule has 0 spiro atoms. The van der Waals surface area contributed by atoms with E-state index in [-0.39, 0.29) is 24.1 Å². The molecule has 1 saturated heterocycles. The van der Waals surface area contributed by atoms with Gasteiger partial charge in [-0.2, -0.15) is 0 Å². The summed E-state index contributed by atoms with van der Waals surface area (Å²) in [5.41, 5.74) is 0.874. The molecule has 0 aromatic rings. The van der Waals surface area contributed by atoms with E-state index in [1.54, 1.807) is 0 Å². The molecule has 0 saturated carbocycles. The van der Waals surface area contributed by atoms with Crippen molar-refractivity contribution in [3.63, 3.8) is 0 Å². The molecule has 1 atom stereocenters. The lowest BCUT2D eigenvalue weighted by Gasteiger charge is -2.32. The number of allylic oxidation sites excluding steroid dienone is 6. The first kappa shape index (κ1) is 19.3. The van der Waals surface area contributed by atoms with E-state index < -0.39 is 0 Å². The van der Waals surface area contributed by atoms with Crippen LogP contribution < -0.4 is 0 Å². The number of hydrogen-bond donors (Lipinski definition) is 0. The average molecular weight is 304 g/mol. The van der Waals surface area contributed by atoms with Crippen molar-refractivity contribution >= 4 is 7.12 Å². The molecule has 1 unspecified atom stereocenters. The van der Waals surface area contributed by atoms with Crippen molar-refractivity contribution < 1.29 is 9.31 Å². The Balaban J connectivity index is 2.83. The summed E-state index contributed by atoms with van der Waals surface area (Å²) in [4.78, 5) is 0. The van der Waals surface area contributed by atoms with Crippen molar-refractivity contribution in [2.45, 2.75) is 84.7 Å². The molecule has 1 aliphatic rings. The molecule has 0 amide bonds. The van der Waals surface area contributed by atoms with Crippen molar-refractivity contribution in [2.24, 2.45) is 0 Å². The van der Waals surface area contributed by atoms with Crippen LogP contribution in [0.25, 0.3) is 0 Å². The molecule has 0 aromatic carbocycles. The molecule has 2 nitrogen and oxygen atoms in total. The summed E-state index contributed by atoms with van der Waals surface area (Å²) in [5.74, 6) is 0.267. The van der Waals surface area contributed by atoms with Crippen LogP contribution in [-0.2, 0) is 9.31 Å². The van der Waals surface area contributed by atoms with Crippen LogP contribution in [0.1, 0.15) is 67.7 Å². The smallest absolute Gasteiger partial charge is 0.403 e. The fourth-order valence-electron chi connectivity index (χ4n) is 2.54. The van der Waals surface area contributed by atoms with Gasteiger partial charge >= 0.3 is 7.12 Å². The predicted octanol–water partition coefficient (Wildman–Crippen LogP) is 5.72. The van der Waals surface area contributed by atoms with Crippen LogP contribution in [0, 0.1) is 0 Å². The van der Waals surface area contributed by atoms with Crippen LogP contribution in [0.2, 0.25) is 5.82 Å². The third-order valence-electron chi connectivity index (χ3n) is 4.70. The van der Waals surface area contributed by atoms with Gasteiger partial charge in [-0.3, -0.25) is 0 Å². The van der Waals surface area contributed by atoms with Gasteiger partial charge in [-0.25, -0.2) is 0 Å². The Morgan fingerprint density at radius 3 is 2.05 bits per heavy atom. The molecule has 3 heteroatoms. The second-order valence-corrected chi connectivity index (χ2v) is 7.21. The predicted molar refractivity (Wildman–Crippen MR) is 97.1 cm³/mol. The SMILES string of the molecule is C/C=C\CC/C(C)=C\C(C/C=C\C)B1OC(C)(C)C(C)(C)O1. The zero-order chi connectivity index (χ0) is 16.8. The van der Waals surface area contributed by atoms with E-state index in [1.807, 2.05) is 0 Å². The van der Waals surface area contributed by atoms with Crippen molar-refractivity contribution in [3.05, 3.63) is 36.0 Å². The van der Waals surface area contributed by atoms with Crippen LogP contribution in [0.5, 0.6) is 0 Å². The van der Waals surface area contributed by atoms with Gasteiger partial charge in [0.15, 0.2) is 0 Å². The highest BCUT2D eigenvalue weighted by Gasteiger charge is 2.52. The van der Waals surface area contributed by atoms with E-state index in [0.29, 0.717) is 0 Å². The lowest BCUT2D eigenvalue weighted by Crippen LogP contribution is -2.41. The van der Waals surface area contributed by atoms with Gasteiger partial charge in [0.2, 0.25) is 0 Å². The maximum Gasteiger partial charge on any atom is 0.465 e. The fourth-order valence-corrected chi connectivity index (χ4v) is 2.54. The lowest BCUT2D eigenvalue weighted by atomic mass is 9.69. The van der Waals surface area contributed by atoms with Gasteiger partial charge in [0, 0.05) is 5.82 Å². The molecule has 124 valence electrons. The minimum atomic E-state index is -0.265. The zero-order valence-corrected chi connectivity index (χ0v) is 15.5. The summed E-state index contributed by atoms with van der Waals surface area (Å²) in [6.07, 6.45) is 14.1. The molecule has 22 heavy (non-hydrogen) atoms. The van der Waals surface area contributed by atoms with Gasteiger partial charge in [-0.05, 0) is 67.7 Å². The monoisotopic (exact) mass is 304 g/mol. The van der Waals surface area contributed by atoms with E-state index in [2.05, 4.69) is 78.8 Å². The largest absolute Gasteiger partial charge is 0.465 e. The number of hydrogen-bond acceptors (Lipinski definition) is 2. The molecule has 1 rings (SSSR count). The van der Waals surface area contributed by atoms with Gasteiger partial charge in [0.25, 0.3) is 0 Å². The Bertz CT molecular complexity index is 417. The highest BCUT2D eigenvalue weighted by Crippen LogP contribution is 2.41. The molecule has 0 bridgehead atoms. The summed E-state index contributed by atoms with van der Waals surface area (Å²) in [5, 5.41) is 0. The molecule has 0 aliphatic carbocycles. The van der Waals surface area contributed by atoms with Gasteiger partial charge in [-0.1, -0.05) is 36.0 Å². The van der Waals surface area contributed by atoms with Gasteiger partial charge in [0.1, 0.15) is 0 Å². The van der Waals surface area contributed by atoms with Crippen LogP contribution in [0.4, 0.5) is 0 Å². The minimum Gasteiger partial charge on any atom is -0.403 e. The summed E-state index contributed by atoms with van der Waals surface area (Å²) in [7, 11) is -0.169. The van der Waals surface area contributed by atoms with E-state index >= 15 is 0 Å². The second kappa shape index (κ2) is 8.17. The normalized spacial score (nSPS) is 22.9. The Kier molecular flexibility index (Phi) is 7.15. The highest BCUT2D eigenvalue weighted by molar-refractivity contribution is 6.48. The van der Waals surface area contributed by atoms with Crippen LogP contribution in [0.15, 0.2) is 36.0 Å². The van der Waals surface area contributed by atoms with E-state index in [9.17, 15) is 0 Å². The summed E-state index contributed by atoms with van der Waals surface area (Å²) in [6, 6.07) is 0. The topological polar surface area (TPSA) is 18.5 Å². The zero-order valence-electron chi connectivity index (χ0n) is 15.5. The first-order valence-corrected chi connectivity index (χ1v) is 8.48. The molecular weight excluding hydrogens is 271 g/mol. The van der Waals surface area contributed by atoms with Crippen LogP contribution >= 0.6 is 0 Å². The molecule has 1 aliphatic heterocycles. The molecular formula is C19H33BO2. The van der Waals surface area contributed by atoms with Gasteiger partial charge in [-0.15, -0.1) is 0 Å². The molecule has 1 heterocycles. The average Bonchev–Trinajstić information content (AvgIpc) is 2.63. The van der Waals surface area contributed by atoms with E-state index in [1.165, 1.54) is 5.57 Å². The molecule has 0 N–H and O–H groups in total. The quantitative estimate of drug-likeness (QED) is 0.442.